The minimum atomic E-state index is -2.80. The Balaban J connectivity index is 0. The molecule has 0 radical (unpaired) electrons. The number of rotatable bonds is 16. The molecule has 0 unspecified atom stereocenters. The van der Waals surface area contributed by atoms with Gasteiger partial charge in [-0.2, -0.15) is 0 Å². The van der Waals surface area contributed by atoms with Gasteiger partial charge in [0.15, 0.2) is 0 Å². The predicted octanol–water partition coefficient (Wildman–Crippen LogP) is 2.55. The van der Waals surface area contributed by atoms with Crippen molar-refractivity contribution < 1.29 is 40.5 Å². The molecular formula is C17H38O9Si2. The van der Waals surface area contributed by atoms with Crippen LogP contribution in [0, 0.1) is 0 Å². The predicted molar refractivity (Wildman–Crippen MR) is 110 cm³/mol. The maximum absolute atomic E-state index is 10.7. The minimum Gasteiger partial charge on any atom is -0.463 e. The van der Waals surface area contributed by atoms with Gasteiger partial charge in [0.05, 0.1) is 6.61 Å². The molecule has 9 nitrogen and oxygen atoms in total. The Morgan fingerprint density at radius 3 is 1.50 bits per heavy atom. The Morgan fingerprint density at radius 2 is 1.21 bits per heavy atom. The second-order valence-electron chi connectivity index (χ2n) is 5.00. The molecule has 0 aromatic heterocycles. The van der Waals surface area contributed by atoms with Crippen LogP contribution in [0.2, 0.25) is 6.04 Å². The van der Waals surface area contributed by atoms with E-state index in [2.05, 4.69) is 6.58 Å². The zero-order valence-corrected chi connectivity index (χ0v) is 20.4. The van der Waals surface area contributed by atoms with Gasteiger partial charge in [0.2, 0.25) is 0 Å². The molecule has 168 valence electrons. The Morgan fingerprint density at radius 1 is 0.821 bits per heavy atom. The quantitative estimate of drug-likeness (QED) is 0.155. The maximum Gasteiger partial charge on any atom is 0.679 e. The lowest BCUT2D eigenvalue weighted by atomic mass is 10.5. The third-order valence-electron chi connectivity index (χ3n) is 3.26. The van der Waals surface area contributed by atoms with Gasteiger partial charge >= 0.3 is 23.8 Å². The lowest BCUT2D eigenvalue weighted by Gasteiger charge is -2.26. The van der Waals surface area contributed by atoms with Crippen molar-refractivity contribution in [2.75, 3.05) is 54.4 Å². The second-order valence-corrected chi connectivity index (χ2v) is 10.2. The number of hydrogen-bond donors (Lipinski definition) is 0. The summed E-state index contributed by atoms with van der Waals surface area (Å²) in [7, 11) is -0.661. The van der Waals surface area contributed by atoms with Gasteiger partial charge in [-0.15, -0.1) is 0 Å². The molecule has 0 rings (SSSR count). The van der Waals surface area contributed by atoms with Gasteiger partial charge in [-0.25, -0.2) is 4.79 Å². The van der Waals surface area contributed by atoms with E-state index >= 15 is 0 Å². The highest BCUT2D eigenvalue weighted by molar-refractivity contribution is 6.60. The molecule has 0 aliphatic heterocycles. The second kappa shape index (κ2) is 18.4. The summed E-state index contributed by atoms with van der Waals surface area (Å²) in [5.41, 5.74) is 0. The third kappa shape index (κ3) is 12.7. The van der Waals surface area contributed by atoms with Crippen molar-refractivity contribution in [3.8, 4) is 0 Å². The number of carbonyl (C=O) groups is 1. The van der Waals surface area contributed by atoms with Crippen LogP contribution in [0.15, 0.2) is 12.7 Å². The summed E-state index contributed by atoms with van der Waals surface area (Å²) in [5, 5.41) is 0. The third-order valence-corrected chi connectivity index (χ3v) is 8.66. The van der Waals surface area contributed by atoms with Gasteiger partial charge < -0.3 is 35.7 Å². The Labute approximate surface area is 172 Å². The van der Waals surface area contributed by atoms with E-state index in [-0.39, 0.29) is 0 Å². The first kappa shape index (κ1) is 29.6. The van der Waals surface area contributed by atoms with Crippen molar-refractivity contribution in [2.45, 2.75) is 40.2 Å². The van der Waals surface area contributed by atoms with E-state index < -0.39 is 23.8 Å². The standard InChI is InChI=1S/C9H18O5Si.C8H20O4Si/c1-5-9(10)14-7-6-8-15(11-2,12-3)13-4;1-5-9-13(10-6-2,11-7-3)12-8-4/h5H,1,6-8H2,2-4H3;5-8H2,1-4H3. The monoisotopic (exact) mass is 442 g/mol. The Hall–Kier alpha value is -0.636. The van der Waals surface area contributed by atoms with E-state index in [9.17, 15) is 4.79 Å². The summed E-state index contributed by atoms with van der Waals surface area (Å²) in [6.45, 7) is 13.4. The lowest BCUT2D eigenvalue weighted by Crippen LogP contribution is -2.49. The van der Waals surface area contributed by atoms with Crippen molar-refractivity contribution in [3.63, 3.8) is 0 Å². The van der Waals surface area contributed by atoms with Gasteiger partial charge in [0.25, 0.3) is 0 Å². The molecule has 11 heteroatoms. The maximum atomic E-state index is 10.7. The summed E-state index contributed by atoms with van der Waals surface area (Å²) in [5.74, 6) is -0.422. The molecule has 0 aromatic rings. The van der Waals surface area contributed by atoms with Crippen molar-refractivity contribution in [1.29, 1.82) is 0 Å². The van der Waals surface area contributed by atoms with Crippen LogP contribution >= 0.6 is 0 Å². The van der Waals surface area contributed by atoms with Gasteiger partial charge in [-0.3, -0.25) is 0 Å². The van der Waals surface area contributed by atoms with Crippen LogP contribution in [0.4, 0.5) is 0 Å². The van der Waals surface area contributed by atoms with Crippen molar-refractivity contribution in [1.82, 2.24) is 0 Å². The molecule has 0 spiro atoms. The molecule has 28 heavy (non-hydrogen) atoms. The normalized spacial score (nSPS) is 11.5. The minimum absolute atomic E-state index is 0.315. The van der Waals surface area contributed by atoms with Crippen molar-refractivity contribution in [2.24, 2.45) is 0 Å². The van der Waals surface area contributed by atoms with E-state index in [0.29, 0.717) is 45.5 Å². The average Bonchev–Trinajstić information content (AvgIpc) is 2.70. The molecule has 0 aliphatic carbocycles. The molecule has 0 saturated carbocycles. The number of carbonyl (C=O) groups excluding carboxylic acids is 1. The fourth-order valence-electron chi connectivity index (χ4n) is 2.03. The first-order valence-electron chi connectivity index (χ1n) is 9.38. The Bertz CT molecular complexity index is 355. The van der Waals surface area contributed by atoms with Crippen LogP contribution in [0.1, 0.15) is 34.1 Å². The zero-order valence-electron chi connectivity index (χ0n) is 18.4. The van der Waals surface area contributed by atoms with Gasteiger partial charge in [-0.05, 0) is 34.1 Å². The van der Waals surface area contributed by atoms with E-state index in [1.165, 1.54) is 0 Å². The lowest BCUT2D eigenvalue weighted by molar-refractivity contribution is -0.137. The summed E-state index contributed by atoms with van der Waals surface area (Å²) >= 11 is 0. The van der Waals surface area contributed by atoms with E-state index in [1.807, 2.05) is 27.7 Å². The molecular weight excluding hydrogens is 404 g/mol. The van der Waals surface area contributed by atoms with Crippen LogP contribution in [-0.4, -0.2) is 78.2 Å². The number of esters is 1. The first-order chi connectivity index (χ1) is 13.4. The first-order valence-corrected chi connectivity index (χ1v) is 12.9. The molecule has 0 saturated heterocycles. The highest BCUT2D eigenvalue weighted by Crippen LogP contribution is 2.14. The molecule has 0 aromatic carbocycles. The van der Waals surface area contributed by atoms with E-state index in [1.54, 1.807) is 21.3 Å². The number of hydrogen-bond acceptors (Lipinski definition) is 9. The molecule has 0 amide bonds. The van der Waals surface area contributed by atoms with Crippen molar-refractivity contribution >= 4 is 23.8 Å². The molecule has 0 heterocycles. The fourth-order valence-corrected chi connectivity index (χ4v) is 5.64. The number of ether oxygens (including phenoxy) is 1. The molecule has 0 atom stereocenters. The fraction of sp³-hybridized carbons (Fsp3) is 0.824. The van der Waals surface area contributed by atoms with Crippen LogP contribution in [-0.2, 0) is 40.5 Å². The van der Waals surface area contributed by atoms with Crippen molar-refractivity contribution in [3.05, 3.63) is 12.7 Å². The summed E-state index contributed by atoms with van der Waals surface area (Å²) in [6, 6.07) is 0.612. The van der Waals surface area contributed by atoms with Gasteiger partial charge in [-0.1, -0.05) is 6.58 Å². The zero-order chi connectivity index (χ0) is 21.9. The van der Waals surface area contributed by atoms with Gasteiger partial charge in [0, 0.05) is 59.9 Å². The summed E-state index contributed by atoms with van der Waals surface area (Å²) in [6.07, 6.45) is 1.77. The highest BCUT2D eigenvalue weighted by atomic mass is 28.4. The molecule has 0 aliphatic rings. The van der Waals surface area contributed by atoms with Gasteiger partial charge in [0.1, 0.15) is 0 Å². The van der Waals surface area contributed by atoms with Crippen LogP contribution in [0.3, 0.4) is 0 Å². The Kier molecular flexibility index (Phi) is 19.4. The SMILES string of the molecule is C=CC(=O)OCCC[Si](OC)(OC)OC.CCO[Si](OCC)(OCC)OCC. The summed E-state index contributed by atoms with van der Waals surface area (Å²) < 4.78 is 42.1. The van der Waals surface area contributed by atoms with E-state index in [0.717, 1.165) is 6.08 Å². The highest BCUT2D eigenvalue weighted by Gasteiger charge is 2.44. The molecule has 0 fully saturated rings. The van der Waals surface area contributed by atoms with Crippen LogP contribution in [0.25, 0.3) is 0 Å². The van der Waals surface area contributed by atoms with E-state index in [4.69, 9.17) is 35.7 Å². The average molecular weight is 443 g/mol. The summed E-state index contributed by atoms with van der Waals surface area (Å²) in [4.78, 5) is 10.7. The molecule has 0 bridgehead atoms. The van der Waals surface area contributed by atoms with Crippen LogP contribution in [0.5, 0.6) is 0 Å². The smallest absolute Gasteiger partial charge is 0.463 e. The largest absolute Gasteiger partial charge is 0.679 e. The topological polar surface area (TPSA) is 90.9 Å². The van der Waals surface area contributed by atoms with Crippen LogP contribution < -0.4 is 0 Å². The molecule has 0 N–H and O–H groups in total.